The molecule has 0 radical (unpaired) electrons. The zero-order chi connectivity index (χ0) is 25.2. The Morgan fingerprint density at radius 1 is 1.06 bits per heavy atom. The molecule has 0 atom stereocenters. The number of fused-ring (bicyclic) bond motifs is 1. The first-order valence-electron chi connectivity index (χ1n) is 10.6. The zero-order valence-electron chi connectivity index (χ0n) is 18.6. The number of rotatable bonds is 8. The van der Waals surface area contributed by atoms with Crippen molar-refractivity contribution in [1.82, 2.24) is 14.7 Å². The monoisotopic (exact) mass is 485 g/mol. The summed E-state index contributed by atoms with van der Waals surface area (Å²) in [5, 5.41) is 22.6. The second kappa shape index (κ2) is 9.77. The lowest BCUT2D eigenvalue weighted by Gasteiger charge is -2.31. The predicted molar refractivity (Wildman–Crippen MR) is 120 cm³/mol. The number of carbonyl (C=O) groups is 1. The largest absolute Gasteiger partial charge is 0.485 e. The minimum absolute atomic E-state index is 0.0743. The quantitative estimate of drug-likeness (QED) is 0.356. The third-order valence-corrected chi connectivity index (χ3v) is 5.71. The second-order valence-corrected chi connectivity index (χ2v) is 7.96. The Morgan fingerprint density at radius 2 is 1.74 bits per heavy atom. The molecule has 182 valence electrons. The van der Waals surface area contributed by atoms with Crippen molar-refractivity contribution < 1.29 is 32.9 Å². The van der Waals surface area contributed by atoms with E-state index in [2.05, 4.69) is 10.3 Å². The molecule has 7 nitrogen and oxygen atoms in total. The normalized spacial score (nSPS) is 11.6. The van der Waals surface area contributed by atoms with E-state index in [1.54, 1.807) is 25.3 Å². The van der Waals surface area contributed by atoms with Crippen LogP contribution >= 0.6 is 0 Å². The average molecular weight is 485 g/mol. The van der Waals surface area contributed by atoms with E-state index in [9.17, 15) is 28.2 Å². The van der Waals surface area contributed by atoms with E-state index in [-0.39, 0.29) is 28.2 Å². The van der Waals surface area contributed by atoms with Crippen LogP contribution in [0.2, 0.25) is 0 Å². The molecule has 0 bridgehead atoms. The third-order valence-electron chi connectivity index (χ3n) is 5.71. The van der Waals surface area contributed by atoms with Gasteiger partial charge in [0.1, 0.15) is 35.3 Å². The van der Waals surface area contributed by atoms with Crippen LogP contribution in [0.5, 0.6) is 5.75 Å². The van der Waals surface area contributed by atoms with Crippen molar-refractivity contribution in [3.63, 3.8) is 0 Å². The number of nitrogens with zero attached hydrogens (tertiary/aromatic N) is 2. The Labute approximate surface area is 198 Å². The third kappa shape index (κ3) is 4.58. The maximum Gasteiger partial charge on any atom is 0.271 e. The number of nitrogens with one attached hydrogen (secondary N) is 1. The maximum absolute atomic E-state index is 14.0. The molecule has 2 heterocycles. The molecule has 0 spiro atoms. The molecule has 10 heteroatoms. The molecule has 0 saturated heterocycles. The number of aliphatic hydroxyl groups is 2. The summed E-state index contributed by atoms with van der Waals surface area (Å²) < 4.78 is 48.8. The fraction of sp³-hybridized carbons (Fsp3) is 0.200. The van der Waals surface area contributed by atoms with Crippen LogP contribution in [0.1, 0.15) is 27.3 Å². The van der Waals surface area contributed by atoms with Crippen LogP contribution in [-0.2, 0) is 12.1 Å². The van der Waals surface area contributed by atoms with E-state index in [1.165, 1.54) is 28.7 Å². The number of hydrogen-bond acceptors (Lipinski definition) is 5. The molecule has 0 aliphatic rings. The predicted octanol–water partition coefficient (Wildman–Crippen LogP) is 3.25. The number of halogens is 3. The molecule has 4 rings (SSSR count). The number of aliphatic hydroxyl groups excluding tert-OH is 2. The van der Waals surface area contributed by atoms with Gasteiger partial charge in [0.25, 0.3) is 5.91 Å². The van der Waals surface area contributed by atoms with E-state index < -0.39 is 48.7 Å². The molecular formula is C25H22F3N3O4. The van der Waals surface area contributed by atoms with Crippen LogP contribution < -0.4 is 10.1 Å². The van der Waals surface area contributed by atoms with Crippen molar-refractivity contribution in [3.8, 4) is 5.75 Å². The molecule has 2 aromatic carbocycles. The van der Waals surface area contributed by atoms with Gasteiger partial charge in [-0.15, -0.1) is 0 Å². The van der Waals surface area contributed by atoms with Crippen molar-refractivity contribution in [3.05, 3.63) is 101 Å². The summed E-state index contributed by atoms with van der Waals surface area (Å²) in [4.78, 5) is 17.6. The highest BCUT2D eigenvalue weighted by molar-refractivity contribution is 5.95. The molecule has 2 aromatic heterocycles. The van der Waals surface area contributed by atoms with Gasteiger partial charge in [-0.2, -0.15) is 0 Å². The van der Waals surface area contributed by atoms with Gasteiger partial charge in [-0.3, -0.25) is 9.20 Å². The molecule has 1 amide bonds. The van der Waals surface area contributed by atoms with Gasteiger partial charge in [-0.05, 0) is 48.9 Å². The first-order chi connectivity index (χ1) is 16.8. The first-order valence-corrected chi connectivity index (χ1v) is 10.6. The number of aryl methyl sites for hydroxylation is 1. The summed E-state index contributed by atoms with van der Waals surface area (Å²) in [5.74, 6) is -2.61. The van der Waals surface area contributed by atoms with Crippen LogP contribution in [0.25, 0.3) is 5.65 Å². The van der Waals surface area contributed by atoms with Crippen molar-refractivity contribution in [1.29, 1.82) is 0 Å². The van der Waals surface area contributed by atoms with E-state index in [4.69, 9.17) is 4.74 Å². The van der Waals surface area contributed by atoms with Gasteiger partial charge in [0.15, 0.2) is 11.4 Å². The molecule has 0 saturated carbocycles. The van der Waals surface area contributed by atoms with Crippen LogP contribution in [0.3, 0.4) is 0 Å². The fourth-order valence-corrected chi connectivity index (χ4v) is 3.81. The lowest BCUT2D eigenvalue weighted by molar-refractivity contribution is 0.0651. The summed E-state index contributed by atoms with van der Waals surface area (Å²) in [5.41, 5.74) is -1.15. The summed E-state index contributed by atoms with van der Waals surface area (Å²) in [7, 11) is 0. The van der Waals surface area contributed by atoms with Gasteiger partial charge < -0.3 is 20.3 Å². The standard InChI is InChI=1S/C25H22F3N3O4/c1-15-22(24(34)30-25(13-32,14-33)16-5-2-6-17(26)11-16)31-10-4-9-21(23(31)29-15)35-12-18-19(27)7-3-8-20(18)28/h2-11,32-33H,12-14H2,1H3,(H,30,34). The summed E-state index contributed by atoms with van der Waals surface area (Å²) in [6, 6.07) is 11.8. The van der Waals surface area contributed by atoms with Crippen molar-refractivity contribution in [2.45, 2.75) is 19.1 Å². The van der Waals surface area contributed by atoms with E-state index >= 15 is 0 Å². The number of imidazole rings is 1. The van der Waals surface area contributed by atoms with Crippen LogP contribution in [0, 0.1) is 24.4 Å². The smallest absolute Gasteiger partial charge is 0.271 e. The highest BCUT2D eigenvalue weighted by Crippen LogP contribution is 2.26. The van der Waals surface area contributed by atoms with Crippen LogP contribution in [0.4, 0.5) is 13.2 Å². The lowest BCUT2D eigenvalue weighted by Crippen LogP contribution is -2.52. The number of aromatic nitrogens is 2. The Kier molecular flexibility index (Phi) is 6.77. The van der Waals surface area contributed by atoms with Gasteiger partial charge in [0.2, 0.25) is 0 Å². The minimum atomic E-state index is -1.66. The average Bonchev–Trinajstić information content (AvgIpc) is 3.19. The van der Waals surface area contributed by atoms with Gasteiger partial charge >= 0.3 is 0 Å². The van der Waals surface area contributed by atoms with E-state index in [0.717, 1.165) is 18.2 Å². The fourth-order valence-electron chi connectivity index (χ4n) is 3.81. The second-order valence-electron chi connectivity index (χ2n) is 7.96. The Hall–Kier alpha value is -3.89. The lowest BCUT2D eigenvalue weighted by atomic mass is 9.91. The van der Waals surface area contributed by atoms with Crippen LogP contribution in [-0.4, -0.2) is 38.7 Å². The molecular weight excluding hydrogens is 463 g/mol. The van der Waals surface area contributed by atoms with Crippen molar-refractivity contribution in [2.24, 2.45) is 0 Å². The Balaban J connectivity index is 1.67. The number of amides is 1. The maximum atomic E-state index is 14.0. The molecule has 0 fully saturated rings. The molecule has 3 N–H and O–H groups in total. The molecule has 0 unspecified atom stereocenters. The minimum Gasteiger partial charge on any atom is -0.485 e. The summed E-state index contributed by atoms with van der Waals surface area (Å²) in [6.45, 7) is -0.221. The van der Waals surface area contributed by atoms with Crippen molar-refractivity contribution >= 4 is 11.6 Å². The van der Waals surface area contributed by atoms with Crippen molar-refractivity contribution in [2.75, 3.05) is 13.2 Å². The van der Waals surface area contributed by atoms with Gasteiger partial charge in [0, 0.05) is 6.20 Å². The number of carbonyl (C=O) groups excluding carboxylic acids is 1. The Morgan fingerprint density at radius 3 is 2.40 bits per heavy atom. The number of ether oxygens (including phenoxy) is 1. The Bertz CT molecular complexity index is 1370. The van der Waals surface area contributed by atoms with Gasteiger partial charge in [-0.1, -0.05) is 18.2 Å². The SMILES string of the molecule is Cc1nc2c(OCc3c(F)cccc3F)cccn2c1C(=O)NC(CO)(CO)c1cccc(F)c1. The molecule has 0 aliphatic heterocycles. The molecule has 4 aromatic rings. The molecule has 35 heavy (non-hydrogen) atoms. The number of pyridine rings is 1. The van der Waals surface area contributed by atoms with Crippen LogP contribution in [0.15, 0.2) is 60.8 Å². The first kappa shape index (κ1) is 24.2. The summed E-state index contributed by atoms with van der Waals surface area (Å²) >= 11 is 0. The topological polar surface area (TPSA) is 96.1 Å². The summed E-state index contributed by atoms with van der Waals surface area (Å²) in [6.07, 6.45) is 1.54. The highest BCUT2D eigenvalue weighted by atomic mass is 19.1. The van der Waals surface area contributed by atoms with Gasteiger partial charge in [-0.25, -0.2) is 18.2 Å². The van der Waals surface area contributed by atoms with E-state index in [1.807, 2.05) is 0 Å². The number of benzene rings is 2. The number of hydrogen-bond donors (Lipinski definition) is 3. The van der Waals surface area contributed by atoms with Gasteiger partial charge in [0.05, 0.1) is 24.5 Å². The zero-order valence-corrected chi connectivity index (χ0v) is 18.6. The highest BCUT2D eigenvalue weighted by Gasteiger charge is 2.35. The van der Waals surface area contributed by atoms with E-state index in [0.29, 0.717) is 5.69 Å². The molecule has 0 aliphatic carbocycles.